The molecule has 0 heterocycles. The van der Waals surface area contributed by atoms with Gasteiger partial charge in [0.05, 0.1) is 10.0 Å². The van der Waals surface area contributed by atoms with Crippen LogP contribution in [0.5, 0.6) is 0 Å². The number of halogens is 2. The molecule has 0 amide bonds. The SMILES string of the molecule is CCCNCC(C)(Cc1ccc(Cl)c(Cl)c1)C1CC1. The average molecular weight is 300 g/mol. The Balaban J connectivity index is 2.04. The second kappa shape index (κ2) is 6.47. The molecule has 1 N–H and O–H groups in total. The van der Waals surface area contributed by atoms with Crippen molar-refractivity contribution >= 4 is 23.2 Å². The number of hydrogen-bond acceptors (Lipinski definition) is 1. The molecule has 1 saturated carbocycles. The zero-order valence-corrected chi connectivity index (χ0v) is 13.3. The first-order valence-electron chi connectivity index (χ1n) is 7.20. The van der Waals surface area contributed by atoms with E-state index >= 15 is 0 Å². The molecule has 106 valence electrons. The third-order valence-electron chi connectivity index (χ3n) is 4.11. The predicted octanol–water partition coefficient (Wildman–Crippen LogP) is 4.95. The van der Waals surface area contributed by atoms with E-state index in [1.54, 1.807) is 0 Å². The number of benzene rings is 1. The molecule has 0 saturated heterocycles. The number of nitrogens with one attached hydrogen (secondary N) is 1. The largest absolute Gasteiger partial charge is 0.316 e. The van der Waals surface area contributed by atoms with Gasteiger partial charge in [0.2, 0.25) is 0 Å². The molecule has 1 atom stereocenters. The molecule has 3 heteroatoms. The van der Waals surface area contributed by atoms with E-state index in [4.69, 9.17) is 23.2 Å². The highest BCUT2D eigenvalue weighted by atomic mass is 35.5. The van der Waals surface area contributed by atoms with E-state index in [-0.39, 0.29) is 0 Å². The van der Waals surface area contributed by atoms with Gasteiger partial charge in [0.15, 0.2) is 0 Å². The summed E-state index contributed by atoms with van der Waals surface area (Å²) in [5.74, 6) is 0.853. The van der Waals surface area contributed by atoms with Crippen molar-refractivity contribution in [2.24, 2.45) is 11.3 Å². The average Bonchev–Trinajstić information content (AvgIpc) is 3.19. The Morgan fingerprint density at radius 3 is 2.58 bits per heavy atom. The number of hydrogen-bond donors (Lipinski definition) is 1. The predicted molar refractivity (Wildman–Crippen MR) is 84.2 cm³/mol. The van der Waals surface area contributed by atoms with Gasteiger partial charge >= 0.3 is 0 Å². The first-order chi connectivity index (χ1) is 9.05. The van der Waals surface area contributed by atoms with Crippen LogP contribution in [-0.2, 0) is 6.42 Å². The summed E-state index contributed by atoms with van der Waals surface area (Å²) in [6.45, 7) is 6.80. The van der Waals surface area contributed by atoms with E-state index in [9.17, 15) is 0 Å². The molecule has 2 rings (SSSR count). The Labute approximate surface area is 126 Å². The maximum absolute atomic E-state index is 6.12. The van der Waals surface area contributed by atoms with Crippen LogP contribution in [-0.4, -0.2) is 13.1 Å². The normalized spacial score (nSPS) is 18.3. The molecule has 0 bridgehead atoms. The van der Waals surface area contributed by atoms with Gasteiger partial charge in [-0.1, -0.05) is 43.1 Å². The lowest BCUT2D eigenvalue weighted by Gasteiger charge is -2.30. The lowest BCUT2D eigenvalue weighted by Crippen LogP contribution is -2.36. The fraction of sp³-hybridized carbons (Fsp3) is 0.625. The quantitative estimate of drug-likeness (QED) is 0.702. The topological polar surface area (TPSA) is 12.0 Å². The standard InChI is InChI=1S/C16H23Cl2N/c1-3-8-19-11-16(2,13-5-6-13)10-12-4-7-14(17)15(18)9-12/h4,7,9,13,19H,3,5-6,8,10-11H2,1-2H3. The molecule has 1 nitrogen and oxygen atoms in total. The van der Waals surface area contributed by atoms with Gasteiger partial charge in [-0.2, -0.15) is 0 Å². The van der Waals surface area contributed by atoms with E-state index < -0.39 is 0 Å². The summed E-state index contributed by atoms with van der Waals surface area (Å²) in [6.07, 6.45) is 5.00. The van der Waals surface area contributed by atoms with Crippen LogP contribution in [0.3, 0.4) is 0 Å². The molecule has 1 fully saturated rings. The zero-order valence-electron chi connectivity index (χ0n) is 11.8. The van der Waals surface area contributed by atoms with Crippen molar-refractivity contribution in [3.8, 4) is 0 Å². The third-order valence-corrected chi connectivity index (χ3v) is 4.85. The van der Waals surface area contributed by atoms with Crippen molar-refractivity contribution in [3.05, 3.63) is 33.8 Å². The van der Waals surface area contributed by atoms with E-state index in [0.29, 0.717) is 15.5 Å². The van der Waals surface area contributed by atoms with Crippen LogP contribution >= 0.6 is 23.2 Å². The summed E-state index contributed by atoms with van der Waals surface area (Å²) in [6, 6.07) is 6.03. The summed E-state index contributed by atoms with van der Waals surface area (Å²) < 4.78 is 0. The highest BCUT2D eigenvalue weighted by Crippen LogP contribution is 2.47. The van der Waals surface area contributed by atoms with Crippen LogP contribution in [0.25, 0.3) is 0 Å². The monoisotopic (exact) mass is 299 g/mol. The van der Waals surface area contributed by atoms with Crippen molar-refractivity contribution in [2.75, 3.05) is 13.1 Å². The van der Waals surface area contributed by atoms with Crippen LogP contribution in [0.2, 0.25) is 10.0 Å². The maximum Gasteiger partial charge on any atom is 0.0595 e. The smallest absolute Gasteiger partial charge is 0.0595 e. The summed E-state index contributed by atoms with van der Waals surface area (Å²) in [7, 11) is 0. The Morgan fingerprint density at radius 2 is 2.00 bits per heavy atom. The Morgan fingerprint density at radius 1 is 1.26 bits per heavy atom. The molecule has 1 unspecified atom stereocenters. The molecule has 0 aliphatic heterocycles. The van der Waals surface area contributed by atoms with E-state index in [1.165, 1.54) is 24.8 Å². The molecule has 1 aromatic carbocycles. The molecule has 19 heavy (non-hydrogen) atoms. The minimum absolute atomic E-state index is 0.340. The van der Waals surface area contributed by atoms with Gasteiger partial charge in [0.1, 0.15) is 0 Å². The summed E-state index contributed by atoms with van der Waals surface area (Å²) >= 11 is 12.1. The number of rotatable bonds is 7. The first kappa shape index (κ1) is 15.2. The summed E-state index contributed by atoms with van der Waals surface area (Å²) in [5, 5.41) is 4.89. The van der Waals surface area contributed by atoms with Gasteiger partial charge in [-0.25, -0.2) is 0 Å². The highest BCUT2D eigenvalue weighted by Gasteiger charge is 2.40. The van der Waals surface area contributed by atoms with Crippen LogP contribution in [0.4, 0.5) is 0 Å². The highest BCUT2D eigenvalue weighted by molar-refractivity contribution is 6.42. The minimum atomic E-state index is 0.340. The molecule has 1 aromatic rings. The molecular weight excluding hydrogens is 277 g/mol. The fourth-order valence-corrected chi connectivity index (χ4v) is 3.12. The molecule has 1 aliphatic carbocycles. The third kappa shape index (κ3) is 4.11. The lowest BCUT2D eigenvalue weighted by molar-refractivity contribution is 0.256. The summed E-state index contributed by atoms with van der Waals surface area (Å²) in [5.41, 5.74) is 1.63. The molecule has 1 aliphatic rings. The van der Waals surface area contributed by atoms with Crippen LogP contribution in [0, 0.1) is 11.3 Å². The molecule has 0 spiro atoms. The Kier molecular flexibility index (Phi) is 5.16. The second-order valence-corrected chi connectivity index (χ2v) is 6.84. The molecular formula is C16H23Cl2N. The van der Waals surface area contributed by atoms with Crippen molar-refractivity contribution in [1.29, 1.82) is 0 Å². The van der Waals surface area contributed by atoms with Gasteiger partial charge in [0, 0.05) is 6.54 Å². The van der Waals surface area contributed by atoms with Crippen LogP contribution in [0.1, 0.15) is 38.7 Å². The molecule has 0 radical (unpaired) electrons. The van der Waals surface area contributed by atoms with Gasteiger partial charge in [-0.3, -0.25) is 0 Å². The van der Waals surface area contributed by atoms with E-state index in [0.717, 1.165) is 25.4 Å². The first-order valence-corrected chi connectivity index (χ1v) is 7.95. The summed E-state index contributed by atoms with van der Waals surface area (Å²) in [4.78, 5) is 0. The van der Waals surface area contributed by atoms with Gasteiger partial charge in [0.25, 0.3) is 0 Å². The van der Waals surface area contributed by atoms with E-state index in [2.05, 4.69) is 25.2 Å². The van der Waals surface area contributed by atoms with Gasteiger partial charge in [-0.05, 0) is 61.3 Å². The van der Waals surface area contributed by atoms with Gasteiger partial charge in [-0.15, -0.1) is 0 Å². The van der Waals surface area contributed by atoms with Crippen LogP contribution in [0.15, 0.2) is 18.2 Å². The molecule has 0 aromatic heterocycles. The fourth-order valence-electron chi connectivity index (χ4n) is 2.80. The van der Waals surface area contributed by atoms with Gasteiger partial charge < -0.3 is 5.32 Å². The Bertz CT molecular complexity index is 429. The zero-order chi connectivity index (χ0) is 13.9. The van der Waals surface area contributed by atoms with Crippen molar-refractivity contribution in [1.82, 2.24) is 5.32 Å². The minimum Gasteiger partial charge on any atom is -0.316 e. The maximum atomic E-state index is 6.12. The lowest BCUT2D eigenvalue weighted by atomic mass is 9.79. The second-order valence-electron chi connectivity index (χ2n) is 6.03. The van der Waals surface area contributed by atoms with E-state index in [1.807, 2.05) is 12.1 Å². The van der Waals surface area contributed by atoms with Crippen molar-refractivity contribution < 1.29 is 0 Å². The Hall–Kier alpha value is -0.240. The van der Waals surface area contributed by atoms with Crippen molar-refractivity contribution in [2.45, 2.75) is 39.5 Å². The van der Waals surface area contributed by atoms with Crippen molar-refractivity contribution in [3.63, 3.8) is 0 Å². The van der Waals surface area contributed by atoms with Crippen LogP contribution < -0.4 is 5.32 Å².